The van der Waals surface area contributed by atoms with Gasteiger partial charge in [0.15, 0.2) is 0 Å². The zero-order valence-corrected chi connectivity index (χ0v) is 20.1. The van der Waals surface area contributed by atoms with E-state index in [4.69, 9.17) is 9.90 Å². The molecule has 1 amide bonds. The van der Waals surface area contributed by atoms with Crippen LogP contribution in [0.3, 0.4) is 0 Å². The number of piperazine rings is 1. The number of aryl methyl sites for hydroxylation is 1. The summed E-state index contributed by atoms with van der Waals surface area (Å²) in [5, 5.41) is 19.5. The van der Waals surface area contributed by atoms with Crippen LogP contribution >= 0.6 is 0 Å². The topological polar surface area (TPSA) is 136 Å². The van der Waals surface area contributed by atoms with E-state index in [2.05, 4.69) is 25.1 Å². The van der Waals surface area contributed by atoms with E-state index < -0.39 is 18.1 Å². The van der Waals surface area contributed by atoms with Gasteiger partial charge >= 0.3 is 18.1 Å². The van der Waals surface area contributed by atoms with Gasteiger partial charge in [0, 0.05) is 44.1 Å². The molecule has 1 aliphatic heterocycles. The molecule has 1 aliphatic rings. The predicted octanol–water partition coefficient (Wildman–Crippen LogP) is 3.70. The number of rotatable bonds is 5. The molecule has 10 nitrogen and oxygen atoms in total. The molecule has 4 rings (SSSR count). The van der Waals surface area contributed by atoms with Crippen LogP contribution in [-0.4, -0.2) is 70.4 Å². The first-order valence-corrected chi connectivity index (χ1v) is 11.3. The molecule has 1 fully saturated rings. The Bertz CT molecular complexity index is 1300. The summed E-state index contributed by atoms with van der Waals surface area (Å²) in [4.78, 5) is 46.1. The van der Waals surface area contributed by atoms with Crippen LogP contribution in [0, 0.1) is 6.92 Å². The largest absolute Gasteiger partial charge is 0.490 e. The van der Waals surface area contributed by atoms with Crippen LogP contribution < -0.4 is 15.1 Å². The number of nitrogens with one attached hydrogen (secondary N) is 1. The molecule has 0 atom stereocenters. The van der Waals surface area contributed by atoms with Crippen LogP contribution in [0.1, 0.15) is 26.3 Å². The molecule has 0 spiro atoms. The number of amides is 1. The standard InChI is InChI=1S/C23H23N5O3.C2HF3O2/c1-16-5-2-3-6-18(16)21(29)26-19-15-17(22(30)31)7-8-20(19)27-11-13-28(14-12-27)23-24-9-4-10-25-23;3-2(4,5)1(6)7/h2-10,15H,11-14H2,1H3,(H,26,29)(H,30,31);(H,6,7). The van der Waals surface area contributed by atoms with Gasteiger partial charge in [-0.1, -0.05) is 18.2 Å². The zero-order valence-electron chi connectivity index (χ0n) is 20.1. The van der Waals surface area contributed by atoms with Gasteiger partial charge in [-0.15, -0.1) is 0 Å². The molecule has 0 saturated carbocycles. The van der Waals surface area contributed by atoms with E-state index in [-0.39, 0.29) is 11.5 Å². The number of carboxylic acids is 2. The van der Waals surface area contributed by atoms with Gasteiger partial charge in [0.05, 0.1) is 16.9 Å². The third-order valence-electron chi connectivity index (χ3n) is 5.58. The van der Waals surface area contributed by atoms with Crippen LogP contribution in [0.5, 0.6) is 0 Å². The Kier molecular flexibility index (Phi) is 8.84. The molecular formula is C25H24F3N5O5. The van der Waals surface area contributed by atoms with Crippen molar-refractivity contribution >= 4 is 35.2 Å². The van der Waals surface area contributed by atoms with Gasteiger partial charge in [0.25, 0.3) is 5.91 Å². The van der Waals surface area contributed by atoms with Crippen LogP contribution in [0.2, 0.25) is 0 Å². The summed E-state index contributed by atoms with van der Waals surface area (Å²) in [5.74, 6) is -3.37. The summed E-state index contributed by atoms with van der Waals surface area (Å²) in [6.07, 6.45) is -1.64. The molecule has 0 aliphatic carbocycles. The van der Waals surface area contributed by atoms with E-state index >= 15 is 0 Å². The molecular weight excluding hydrogens is 507 g/mol. The molecule has 1 aromatic heterocycles. The summed E-state index contributed by atoms with van der Waals surface area (Å²) < 4.78 is 31.7. The second kappa shape index (κ2) is 12.0. The molecule has 0 radical (unpaired) electrons. The number of carbonyl (C=O) groups excluding carboxylic acids is 1. The maximum atomic E-state index is 12.9. The van der Waals surface area contributed by atoms with Gasteiger partial charge in [-0.25, -0.2) is 19.6 Å². The summed E-state index contributed by atoms with van der Waals surface area (Å²) in [6.45, 7) is 4.69. The minimum absolute atomic E-state index is 0.125. The highest BCUT2D eigenvalue weighted by atomic mass is 19.4. The number of benzene rings is 2. The number of halogens is 3. The van der Waals surface area contributed by atoms with Crippen molar-refractivity contribution in [3.8, 4) is 0 Å². The second-order valence-corrected chi connectivity index (χ2v) is 8.13. The summed E-state index contributed by atoms with van der Waals surface area (Å²) >= 11 is 0. The van der Waals surface area contributed by atoms with Crippen molar-refractivity contribution in [2.24, 2.45) is 0 Å². The number of aromatic nitrogens is 2. The fourth-order valence-corrected chi connectivity index (χ4v) is 3.66. The maximum absolute atomic E-state index is 12.9. The van der Waals surface area contributed by atoms with Gasteiger partial charge in [0.1, 0.15) is 0 Å². The Hall–Kier alpha value is -4.68. The summed E-state index contributed by atoms with van der Waals surface area (Å²) in [6, 6.07) is 13.9. The molecule has 13 heteroatoms. The number of carboxylic acid groups (broad SMARTS) is 2. The molecule has 0 unspecified atom stereocenters. The predicted molar refractivity (Wildman–Crippen MR) is 133 cm³/mol. The fourth-order valence-electron chi connectivity index (χ4n) is 3.66. The van der Waals surface area contributed by atoms with E-state index in [0.717, 1.165) is 24.3 Å². The highest BCUT2D eigenvalue weighted by molar-refractivity contribution is 6.07. The molecule has 2 aromatic carbocycles. The van der Waals surface area contributed by atoms with Gasteiger partial charge in [0.2, 0.25) is 5.95 Å². The van der Waals surface area contributed by atoms with Gasteiger partial charge < -0.3 is 25.3 Å². The van der Waals surface area contributed by atoms with Crippen molar-refractivity contribution in [1.82, 2.24) is 9.97 Å². The van der Waals surface area contributed by atoms with Crippen molar-refractivity contribution in [2.75, 3.05) is 41.3 Å². The number of nitrogens with zero attached hydrogens (tertiary/aromatic N) is 4. The van der Waals surface area contributed by atoms with Crippen molar-refractivity contribution in [1.29, 1.82) is 0 Å². The summed E-state index contributed by atoms with van der Waals surface area (Å²) in [7, 11) is 0. The Balaban J connectivity index is 0.000000505. The lowest BCUT2D eigenvalue weighted by Crippen LogP contribution is -2.47. The molecule has 1 saturated heterocycles. The quantitative estimate of drug-likeness (QED) is 0.450. The maximum Gasteiger partial charge on any atom is 0.490 e. The Morgan fingerprint density at radius 2 is 1.47 bits per heavy atom. The lowest BCUT2D eigenvalue weighted by Gasteiger charge is -2.37. The highest BCUT2D eigenvalue weighted by Gasteiger charge is 2.38. The first-order chi connectivity index (χ1) is 18.0. The van der Waals surface area contributed by atoms with E-state index in [1.165, 1.54) is 6.07 Å². The molecule has 0 bridgehead atoms. The van der Waals surface area contributed by atoms with E-state index in [9.17, 15) is 27.9 Å². The monoisotopic (exact) mass is 531 g/mol. The van der Waals surface area contributed by atoms with Crippen LogP contribution in [0.4, 0.5) is 30.5 Å². The number of carbonyl (C=O) groups is 3. The number of aliphatic carboxylic acids is 1. The van der Waals surface area contributed by atoms with Crippen LogP contribution in [0.25, 0.3) is 0 Å². The third kappa shape index (κ3) is 7.18. The first-order valence-electron chi connectivity index (χ1n) is 11.3. The van der Waals surface area contributed by atoms with E-state index in [1.54, 1.807) is 42.7 Å². The van der Waals surface area contributed by atoms with Crippen molar-refractivity contribution in [3.05, 3.63) is 77.6 Å². The van der Waals surface area contributed by atoms with Gasteiger partial charge in [-0.3, -0.25) is 4.79 Å². The van der Waals surface area contributed by atoms with Crippen LogP contribution in [0.15, 0.2) is 60.9 Å². The molecule has 3 aromatic rings. The average molecular weight is 531 g/mol. The van der Waals surface area contributed by atoms with Gasteiger partial charge in [-0.2, -0.15) is 13.2 Å². The number of anilines is 3. The average Bonchev–Trinajstić information content (AvgIpc) is 2.89. The van der Waals surface area contributed by atoms with Crippen molar-refractivity contribution < 1.29 is 37.8 Å². The normalized spacial score (nSPS) is 13.3. The Labute approximate surface area is 215 Å². The lowest BCUT2D eigenvalue weighted by molar-refractivity contribution is -0.192. The van der Waals surface area contributed by atoms with Crippen molar-refractivity contribution in [2.45, 2.75) is 13.1 Å². The number of aromatic carboxylic acids is 1. The van der Waals surface area contributed by atoms with E-state index in [0.29, 0.717) is 30.3 Å². The highest BCUT2D eigenvalue weighted by Crippen LogP contribution is 2.29. The second-order valence-electron chi connectivity index (χ2n) is 8.13. The minimum atomic E-state index is -5.08. The smallest absolute Gasteiger partial charge is 0.478 e. The van der Waals surface area contributed by atoms with Crippen LogP contribution in [-0.2, 0) is 4.79 Å². The molecule has 38 heavy (non-hydrogen) atoms. The Morgan fingerprint density at radius 3 is 2.03 bits per heavy atom. The summed E-state index contributed by atoms with van der Waals surface area (Å²) in [5.41, 5.74) is 2.81. The Morgan fingerprint density at radius 1 is 0.895 bits per heavy atom. The first kappa shape index (κ1) is 27.9. The number of hydrogen-bond donors (Lipinski definition) is 3. The number of hydrogen-bond acceptors (Lipinski definition) is 7. The number of alkyl halides is 3. The van der Waals surface area contributed by atoms with Gasteiger partial charge in [-0.05, 0) is 42.8 Å². The molecule has 3 N–H and O–H groups in total. The SMILES string of the molecule is Cc1ccccc1C(=O)Nc1cc(C(=O)O)ccc1N1CCN(c2ncccn2)CC1.O=C(O)C(F)(F)F. The fraction of sp³-hybridized carbons (Fsp3) is 0.240. The van der Waals surface area contributed by atoms with Crippen molar-refractivity contribution in [3.63, 3.8) is 0 Å². The third-order valence-corrected chi connectivity index (χ3v) is 5.58. The lowest BCUT2D eigenvalue weighted by atomic mass is 10.1. The molecule has 200 valence electrons. The zero-order chi connectivity index (χ0) is 27.9. The minimum Gasteiger partial charge on any atom is -0.478 e. The molecule has 2 heterocycles. The van der Waals surface area contributed by atoms with E-state index in [1.807, 2.05) is 19.1 Å².